The summed E-state index contributed by atoms with van der Waals surface area (Å²) < 4.78 is 5.41. The average Bonchev–Trinajstić information content (AvgIpc) is 2.54. The normalized spacial score (nSPS) is 21.7. The van der Waals surface area contributed by atoms with Crippen LogP contribution in [0.1, 0.15) is 35.2 Å². The predicted octanol–water partition coefficient (Wildman–Crippen LogP) is 2.09. The lowest BCUT2D eigenvalue weighted by Crippen LogP contribution is -2.42. The lowest BCUT2D eigenvalue weighted by atomic mass is 9.95. The van der Waals surface area contributed by atoms with Crippen molar-refractivity contribution < 1.29 is 19.4 Å². The molecule has 1 unspecified atom stereocenters. The third-order valence-electron chi connectivity index (χ3n) is 4.22. The average molecular weight is 289 g/mol. The van der Waals surface area contributed by atoms with Crippen molar-refractivity contribution in [3.05, 3.63) is 29.3 Å². The zero-order chi connectivity index (χ0) is 14.8. The monoisotopic (exact) mass is 289 g/mol. The Morgan fingerprint density at radius 1 is 1.29 bits per heavy atom. The van der Waals surface area contributed by atoms with Gasteiger partial charge in [0.1, 0.15) is 0 Å². The molecule has 112 valence electrons. The summed E-state index contributed by atoms with van der Waals surface area (Å²) in [7, 11) is 0. The Labute approximate surface area is 123 Å². The van der Waals surface area contributed by atoms with Gasteiger partial charge in [-0.3, -0.25) is 4.79 Å². The molecule has 1 aromatic rings. The van der Waals surface area contributed by atoms with Gasteiger partial charge in [0.15, 0.2) is 0 Å². The number of hydrogen-bond donors (Lipinski definition) is 1. The molecular weight excluding hydrogens is 270 g/mol. The van der Waals surface area contributed by atoms with E-state index in [0.29, 0.717) is 13.2 Å². The number of anilines is 1. The first-order valence-corrected chi connectivity index (χ1v) is 7.42. The van der Waals surface area contributed by atoms with E-state index in [2.05, 4.69) is 0 Å². The number of ether oxygens (including phenoxy) is 1. The second-order valence-electron chi connectivity index (χ2n) is 5.66. The molecule has 0 radical (unpaired) electrons. The van der Waals surface area contributed by atoms with E-state index in [0.717, 1.165) is 43.5 Å². The van der Waals surface area contributed by atoms with Gasteiger partial charge < -0.3 is 14.7 Å². The van der Waals surface area contributed by atoms with Crippen molar-refractivity contribution in [2.45, 2.75) is 25.7 Å². The minimum absolute atomic E-state index is 0.0659. The highest BCUT2D eigenvalue weighted by molar-refractivity contribution is 5.97. The maximum atomic E-state index is 12.7. The molecule has 2 aliphatic rings. The van der Waals surface area contributed by atoms with Crippen LogP contribution in [0.2, 0.25) is 0 Å². The van der Waals surface area contributed by atoms with Gasteiger partial charge in [0.2, 0.25) is 5.91 Å². The molecule has 0 saturated carbocycles. The van der Waals surface area contributed by atoms with Crippen LogP contribution in [0.15, 0.2) is 18.2 Å². The summed E-state index contributed by atoms with van der Waals surface area (Å²) >= 11 is 0. The molecule has 0 aliphatic carbocycles. The van der Waals surface area contributed by atoms with Crippen molar-refractivity contribution in [3.8, 4) is 0 Å². The molecule has 1 N–H and O–H groups in total. The summed E-state index contributed by atoms with van der Waals surface area (Å²) in [6.45, 7) is 1.94. The zero-order valence-corrected chi connectivity index (χ0v) is 11.9. The standard InChI is InChI=1S/C16H19NO4/c18-15(13-4-2-8-21-10-13)17-7-1-3-11-9-12(16(19)20)5-6-14(11)17/h5-6,9,13H,1-4,7-8,10H2,(H,19,20). The lowest BCUT2D eigenvalue weighted by molar-refractivity contribution is -0.126. The highest BCUT2D eigenvalue weighted by atomic mass is 16.5. The van der Waals surface area contributed by atoms with E-state index in [1.807, 2.05) is 4.90 Å². The smallest absolute Gasteiger partial charge is 0.335 e. The summed E-state index contributed by atoms with van der Waals surface area (Å²) in [5.41, 5.74) is 2.09. The number of carboxylic acids is 1. The number of rotatable bonds is 2. The summed E-state index contributed by atoms with van der Waals surface area (Å²) in [4.78, 5) is 25.5. The molecular formula is C16H19NO4. The van der Waals surface area contributed by atoms with Crippen LogP contribution in [-0.4, -0.2) is 36.7 Å². The second kappa shape index (κ2) is 5.85. The Hall–Kier alpha value is -1.88. The quantitative estimate of drug-likeness (QED) is 0.905. The Bertz CT molecular complexity index is 563. The predicted molar refractivity (Wildman–Crippen MR) is 77.6 cm³/mol. The number of aryl methyl sites for hydroxylation is 1. The van der Waals surface area contributed by atoms with Gasteiger partial charge in [0.25, 0.3) is 0 Å². The molecule has 1 atom stereocenters. The highest BCUT2D eigenvalue weighted by Gasteiger charge is 2.30. The van der Waals surface area contributed by atoms with E-state index in [9.17, 15) is 9.59 Å². The van der Waals surface area contributed by atoms with Gasteiger partial charge in [0, 0.05) is 18.8 Å². The maximum absolute atomic E-state index is 12.7. The van der Waals surface area contributed by atoms with Crippen molar-refractivity contribution in [2.75, 3.05) is 24.7 Å². The molecule has 5 heteroatoms. The molecule has 0 aromatic heterocycles. The van der Waals surface area contributed by atoms with Crippen LogP contribution >= 0.6 is 0 Å². The SMILES string of the molecule is O=C(O)c1ccc2c(c1)CCCN2C(=O)C1CCCOC1. The number of benzene rings is 1. The Kier molecular flexibility index (Phi) is 3.92. The molecule has 0 spiro atoms. The number of fused-ring (bicyclic) bond motifs is 1. The van der Waals surface area contributed by atoms with E-state index < -0.39 is 5.97 Å². The van der Waals surface area contributed by atoms with E-state index in [-0.39, 0.29) is 17.4 Å². The fraction of sp³-hybridized carbons (Fsp3) is 0.500. The Morgan fingerprint density at radius 2 is 2.14 bits per heavy atom. The minimum Gasteiger partial charge on any atom is -0.478 e. The van der Waals surface area contributed by atoms with E-state index >= 15 is 0 Å². The molecule has 1 fully saturated rings. The fourth-order valence-corrected chi connectivity index (χ4v) is 3.11. The van der Waals surface area contributed by atoms with Crippen molar-refractivity contribution >= 4 is 17.6 Å². The first-order chi connectivity index (χ1) is 10.2. The van der Waals surface area contributed by atoms with Gasteiger partial charge in [-0.15, -0.1) is 0 Å². The van der Waals surface area contributed by atoms with Gasteiger partial charge in [-0.1, -0.05) is 0 Å². The second-order valence-corrected chi connectivity index (χ2v) is 5.66. The van der Waals surface area contributed by atoms with Crippen LogP contribution in [0.25, 0.3) is 0 Å². The fourth-order valence-electron chi connectivity index (χ4n) is 3.11. The molecule has 0 bridgehead atoms. The van der Waals surface area contributed by atoms with Crippen molar-refractivity contribution in [3.63, 3.8) is 0 Å². The molecule has 2 heterocycles. The molecule has 21 heavy (non-hydrogen) atoms. The number of carboxylic acid groups (broad SMARTS) is 1. The van der Waals surface area contributed by atoms with Gasteiger partial charge in [0.05, 0.1) is 18.1 Å². The first kappa shape index (κ1) is 14.1. The van der Waals surface area contributed by atoms with E-state index in [1.165, 1.54) is 0 Å². The maximum Gasteiger partial charge on any atom is 0.335 e. The largest absolute Gasteiger partial charge is 0.478 e. The molecule has 1 amide bonds. The minimum atomic E-state index is -0.929. The Morgan fingerprint density at radius 3 is 2.86 bits per heavy atom. The van der Waals surface area contributed by atoms with Gasteiger partial charge in [-0.2, -0.15) is 0 Å². The van der Waals surface area contributed by atoms with Gasteiger partial charge >= 0.3 is 5.97 Å². The number of carbonyl (C=O) groups excluding carboxylic acids is 1. The summed E-state index contributed by atoms with van der Waals surface area (Å²) in [5, 5.41) is 9.07. The summed E-state index contributed by atoms with van der Waals surface area (Å²) in [6, 6.07) is 5.03. The van der Waals surface area contributed by atoms with Crippen molar-refractivity contribution in [1.29, 1.82) is 0 Å². The number of carbonyl (C=O) groups is 2. The summed E-state index contributed by atoms with van der Waals surface area (Å²) in [6.07, 6.45) is 3.49. The van der Waals surface area contributed by atoms with Crippen molar-refractivity contribution in [2.24, 2.45) is 5.92 Å². The Balaban J connectivity index is 1.86. The zero-order valence-electron chi connectivity index (χ0n) is 11.9. The number of hydrogen-bond acceptors (Lipinski definition) is 3. The number of nitrogens with zero attached hydrogens (tertiary/aromatic N) is 1. The van der Waals surface area contributed by atoms with E-state index in [4.69, 9.17) is 9.84 Å². The lowest BCUT2D eigenvalue weighted by Gasteiger charge is -2.33. The third-order valence-corrected chi connectivity index (χ3v) is 4.22. The molecule has 1 saturated heterocycles. The molecule has 2 aliphatic heterocycles. The van der Waals surface area contributed by atoms with Crippen LogP contribution in [0.3, 0.4) is 0 Å². The van der Waals surface area contributed by atoms with Crippen LogP contribution < -0.4 is 4.90 Å². The van der Waals surface area contributed by atoms with E-state index in [1.54, 1.807) is 18.2 Å². The third kappa shape index (κ3) is 2.78. The van der Waals surface area contributed by atoms with Crippen LogP contribution in [0, 0.1) is 5.92 Å². The summed E-state index contributed by atoms with van der Waals surface area (Å²) in [5.74, 6) is -0.885. The van der Waals surface area contributed by atoms with Crippen LogP contribution in [0.5, 0.6) is 0 Å². The molecule has 3 rings (SSSR count). The van der Waals surface area contributed by atoms with Crippen LogP contribution in [0.4, 0.5) is 5.69 Å². The topological polar surface area (TPSA) is 66.8 Å². The molecule has 1 aromatic carbocycles. The number of amides is 1. The molecule has 5 nitrogen and oxygen atoms in total. The first-order valence-electron chi connectivity index (χ1n) is 7.42. The van der Waals surface area contributed by atoms with Crippen molar-refractivity contribution in [1.82, 2.24) is 0 Å². The van der Waals surface area contributed by atoms with Crippen LogP contribution in [-0.2, 0) is 16.0 Å². The van der Waals surface area contributed by atoms with Gasteiger partial charge in [-0.25, -0.2) is 4.79 Å². The highest BCUT2D eigenvalue weighted by Crippen LogP contribution is 2.30. The van der Waals surface area contributed by atoms with Gasteiger partial charge in [-0.05, 0) is 49.4 Å². The number of aromatic carboxylic acids is 1.